The minimum atomic E-state index is -3.65. The molecule has 0 bridgehead atoms. The fraction of sp³-hybridized carbons (Fsp3) is 0.412. The van der Waals surface area contributed by atoms with Gasteiger partial charge in [0.05, 0.1) is 6.04 Å². The summed E-state index contributed by atoms with van der Waals surface area (Å²) in [5.41, 5.74) is -0.0931. The largest absolute Gasteiger partial charge is 0.486 e. The third-order valence-corrected chi connectivity index (χ3v) is 7.28. The van der Waals surface area contributed by atoms with E-state index in [1.807, 2.05) is 17.5 Å². The van der Waals surface area contributed by atoms with Gasteiger partial charge in [-0.2, -0.15) is 4.31 Å². The highest BCUT2D eigenvalue weighted by Crippen LogP contribution is 2.53. The Labute approximate surface area is 145 Å². The molecule has 0 saturated carbocycles. The molecule has 2 aromatic rings. The third-order valence-electron chi connectivity index (χ3n) is 4.52. The number of hydrogen-bond donors (Lipinski definition) is 0. The Morgan fingerprint density at radius 2 is 1.96 bits per heavy atom. The first kappa shape index (κ1) is 15.9. The summed E-state index contributed by atoms with van der Waals surface area (Å²) in [6.07, 6.45) is 0. The lowest BCUT2D eigenvalue weighted by atomic mass is 9.76. The Morgan fingerprint density at radius 1 is 1.17 bits per heavy atom. The first-order valence-electron chi connectivity index (χ1n) is 7.85. The van der Waals surface area contributed by atoms with E-state index in [1.54, 1.807) is 33.8 Å². The third kappa shape index (κ3) is 2.34. The van der Waals surface area contributed by atoms with Gasteiger partial charge in [-0.15, -0.1) is 11.3 Å². The van der Waals surface area contributed by atoms with Crippen molar-refractivity contribution >= 4 is 21.4 Å². The first-order valence-corrected chi connectivity index (χ1v) is 10.2. The van der Waals surface area contributed by atoms with E-state index in [0.29, 0.717) is 31.3 Å². The molecule has 2 aliphatic heterocycles. The number of rotatable bonds is 3. The van der Waals surface area contributed by atoms with Crippen molar-refractivity contribution in [3.8, 4) is 11.5 Å². The molecule has 1 aromatic carbocycles. The van der Waals surface area contributed by atoms with E-state index in [-0.39, 0.29) is 16.4 Å². The highest BCUT2D eigenvalue weighted by atomic mass is 32.2. The quantitative estimate of drug-likeness (QED) is 0.837. The van der Waals surface area contributed by atoms with E-state index in [2.05, 4.69) is 13.8 Å². The molecule has 0 spiro atoms. The number of ether oxygens (including phenoxy) is 2. The summed E-state index contributed by atoms with van der Waals surface area (Å²) in [6.45, 7) is 5.49. The van der Waals surface area contributed by atoms with Crippen LogP contribution in [0, 0.1) is 5.41 Å². The zero-order valence-corrected chi connectivity index (χ0v) is 15.2. The SMILES string of the molecule is CC1(C)CN(S(=O)(=O)c2cccc3c2OCCO3)C1c1cccs1. The van der Waals surface area contributed by atoms with Crippen LogP contribution in [-0.4, -0.2) is 32.5 Å². The Balaban J connectivity index is 1.76. The van der Waals surface area contributed by atoms with Gasteiger partial charge in [0, 0.05) is 16.8 Å². The van der Waals surface area contributed by atoms with Crippen LogP contribution in [0.25, 0.3) is 0 Å². The molecule has 24 heavy (non-hydrogen) atoms. The standard InChI is InChI=1S/C17H19NO4S2/c1-17(2)11-18(16(17)13-6-4-10-23-13)24(19,20)14-7-3-5-12-15(14)22-9-8-21-12/h3-7,10,16H,8-9,11H2,1-2H3. The predicted molar refractivity (Wildman–Crippen MR) is 92.2 cm³/mol. The molecule has 2 aliphatic rings. The number of nitrogens with zero attached hydrogens (tertiary/aromatic N) is 1. The summed E-state index contributed by atoms with van der Waals surface area (Å²) in [5, 5.41) is 1.98. The van der Waals surface area contributed by atoms with Crippen LogP contribution in [0.5, 0.6) is 11.5 Å². The van der Waals surface area contributed by atoms with Crippen molar-refractivity contribution in [3.63, 3.8) is 0 Å². The predicted octanol–water partition coefficient (Wildman–Crippen LogP) is 3.29. The highest BCUT2D eigenvalue weighted by molar-refractivity contribution is 7.89. The maximum atomic E-state index is 13.3. The monoisotopic (exact) mass is 365 g/mol. The van der Waals surface area contributed by atoms with Crippen molar-refractivity contribution < 1.29 is 17.9 Å². The molecular formula is C17H19NO4S2. The van der Waals surface area contributed by atoms with Gasteiger partial charge < -0.3 is 9.47 Å². The van der Waals surface area contributed by atoms with E-state index >= 15 is 0 Å². The molecule has 0 amide bonds. The smallest absolute Gasteiger partial charge is 0.247 e. The number of sulfonamides is 1. The van der Waals surface area contributed by atoms with Crippen LogP contribution in [0.3, 0.4) is 0 Å². The van der Waals surface area contributed by atoms with Crippen LogP contribution in [0.2, 0.25) is 0 Å². The van der Waals surface area contributed by atoms with Crippen LogP contribution in [0.4, 0.5) is 0 Å². The Morgan fingerprint density at radius 3 is 2.67 bits per heavy atom. The topological polar surface area (TPSA) is 55.8 Å². The highest BCUT2D eigenvalue weighted by Gasteiger charge is 2.53. The number of hydrogen-bond acceptors (Lipinski definition) is 5. The molecule has 1 atom stereocenters. The zero-order chi connectivity index (χ0) is 16.9. The molecule has 128 valence electrons. The molecule has 0 N–H and O–H groups in total. The molecule has 1 unspecified atom stereocenters. The summed E-state index contributed by atoms with van der Waals surface area (Å²) in [6, 6.07) is 8.84. The molecule has 1 aromatic heterocycles. The summed E-state index contributed by atoms with van der Waals surface area (Å²) in [4.78, 5) is 1.26. The van der Waals surface area contributed by atoms with Gasteiger partial charge in [0.2, 0.25) is 10.0 Å². The summed E-state index contributed by atoms with van der Waals surface area (Å²) >= 11 is 1.59. The van der Waals surface area contributed by atoms with Gasteiger partial charge in [-0.1, -0.05) is 26.0 Å². The molecule has 1 saturated heterocycles. The van der Waals surface area contributed by atoms with Crippen LogP contribution in [0.15, 0.2) is 40.6 Å². The normalized spacial score (nSPS) is 22.8. The van der Waals surface area contributed by atoms with Gasteiger partial charge in [-0.3, -0.25) is 0 Å². The van der Waals surface area contributed by atoms with Crippen molar-refractivity contribution in [3.05, 3.63) is 40.6 Å². The van der Waals surface area contributed by atoms with Gasteiger partial charge >= 0.3 is 0 Å². The molecule has 5 nitrogen and oxygen atoms in total. The second-order valence-corrected chi connectivity index (χ2v) is 9.58. The minimum absolute atomic E-state index is 0.0931. The Bertz CT molecular complexity index is 859. The fourth-order valence-corrected chi connectivity index (χ4v) is 6.62. The number of thiophene rings is 1. The average molecular weight is 365 g/mol. The van der Waals surface area contributed by atoms with Crippen molar-refractivity contribution in [2.45, 2.75) is 24.8 Å². The molecule has 0 radical (unpaired) electrons. The lowest BCUT2D eigenvalue weighted by Crippen LogP contribution is -2.57. The summed E-state index contributed by atoms with van der Waals surface area (Å²) in [7, 11) is -3.65. The minimum Gasteiger partial charge on any atom is -0.486 e. The number of para-hydroxylation sites is 1. The van der Waals surface area contributed by atoms with E-state index in [0.717, 1.165) is 4.88 Å². The Hall–Kier alpha value is -1.57. The summed E-state index contributed by atoms with van der Waals surface area (Å²) in [5.74, 6) is 0.827. The van der Waals surface area contributed by atoms with Crippen LogP contribution in [-0.2, 0) is 10.0 Å². The lowest BCUT2D eigenvalue weighted by molar-refractivity contribution is 0.0219. The number of benzene rings is 1. The first-order chi connectivity index (χ1) is 11.4. The van der Waals surface area contributed by atoms with E-state index in [1.165, 1.54) is 0 Å². The molecular weight excluding hydrogens is 346 g/mol. The van der Waals surface area contributed by atoms with Crippen LogP contribution < -0.4 is 9.47 Å². The van der Waals surface area contributed by atoms with Gasteiger partial charge in [0.1, 0.15) is 18.1 Å². The molecule has 3 heterocycles. The fourth-order valence-electron chi connectivity index (χ4n) is 3.43. The van der Waals surface area contributed by atoms with Crippen LogP contribution in [0.1, 0.15) is 24.8 Å². The van der Waals surface area contributed by atoms with Crippen LogP contribution >= 0.6 is 11.3 Å². The Kier molecular flexibility index (Phi) is 3.63. The van der Waals surface area contributed by atoms with Gasteiger partial charge in [-0.25, -0.2) is 8.42 Å². The second kappa shape index (κ2) is 5.47. The van der Waals surface area contributed by atoms with Crippen molar-refractivity contribution in [1.29, 1.82) is 0 Å². The average Bonchev–Trinajstić information content (AvgIpc) is 3.05. The van der Waals surface area contributed by atoms with Crippen molar-refractivity contribution in [2.24, 2.45) is 5.41 Å². The molecule has 7 heteroatoms. The van der Waals surface area contributed by atoms with E-state index < -0.39 is 10.0 Å². The zero-order valence-electron chi connectivity index (χ0n) is 13.6. The van der Waals surface area contributed by atoms with E-state index in [9.17, 15) is 8.42 Å². The number of fused-ring (bicyclic) bond motifs is 1. The van der Waals surface area contributed by atoms with Gasteiger partial charge in [0.15, 0.2) is 11.5 Å². The maximum Gasteiger partial charge on any atom is 0.247 e. The maximum absolute atomic E-state index is 13.3. The van der Waals surface area contributed by atoms with Gasteiger partial charge in [0.25, 0.3) is 0 Å². The lowest BCUT2D eigenvalue weighted by Gasteiger charge is -2.52. The van der Waals surface area contributed by atoms with Crippen molar-refractivity contribution in [1.82, 2.24) is 4.31 Å². The molecule has 1 fully saturated rings. The van der Waals surface area contributed by atoms with Crippen molar-refractivity contribution in [2.75, 3.05) is 19.8 Å². The molecule has 4 rings (SSSR count). The second-order valence-electron chi connectivity index (χ2n) is 6.74. The summed E-state index contributed by atoms with van der Waals surface area (Å²) < 4.78 is 39.3. The molecule has 0 aliphatic carbocycles. The van der Waals surface area contributed by atoms with E-state index in [4.69, 9.17) is 9.47 Å². The van der Waals surface area contributed by atoms with Gasteiger partial charge in [-0.05, 0) is 23.6 Å².